The molecule has 6 heteroatoms. The van der Waals surface area contributed by atoms with Crippen LogP contribution in [0.1, 0.15) is 48.3 Å². The molecule has 34 heavy (non-hydrogen) atoms. The van der Waals surface area contributed by atoms with E-state index >= 15 is 0 Å². The molecule has 2 aromatic carbocycles. The SMILES string of the molecule is CC(C)CN(CC(=O)N(Cc1cccn1Cc1ccccc1)C1CC1)C(=O)c1cccc(F)c1. The summed E-state index contributed by atoms with van der Waals surface area (Å²) < 4.78 is 15.9. The van der Waals surface area contributed by atoms with Crippen LogP contribution in [0, 0.1) is 11.7 Å². The minimum Gasteiger partial charge on any atom is -0.345 e. The van der Waals surface area contributed by atoms with Crippen LogP contribution in [0.5, 0.6) is 0 Å². The molecule has 1 heterocycles. The standard InChI is InChI=1S/C28H32FN3O2/c1-21(2)17-31(28(34)23-10-6-11-24(29)16-23)20-27(33)32(25-13-14-25)19-26-12-7-15-30(26)18-22-8-4-3-5-9-22/h3-12,15-16,21,25H,13-14,17-20H2,1-2H3. The molecule has 5 nitrogen and oxygen atoms in total. The molecule has 0 saturated heterocycles. The van der Waals surface area contributed by atoms with Gasteiger partial charge in [0.1, 0.15) is 12.4 Å². The molecule has 0 radical (unpaired) electrons. The number of carbonyl (C=O) groups excluding carboxylic acids is 2. The zero-order chi connectivity index (χ0) is 24.1. The molecule has 178 valence electrons. The number of carbonyl (C=O) groups is 2. The van der Waals surface area contributed by atoms with Crippen LogP contribution in [0.15, 0.2) is 72.9 Å². The van der Waals surface area contributed by atoms with E-state index in [1.54, 1.807) is 11.0 Å². The molecule has 1 fully saturated rings. The highest BCUT2D eigenvalue weighted by Crippen LogP contribution is 2.29. The Kier molecular flexibility index (Phi) is 7.46. The van der Waals surface area contributed by atoms with Gasteiger partial charge in [0.05, 0.1) is 6.54 Å². The maximum absolute atomic E-state index is 13.7. The van der Waals surface area contributed by atoms with Gasteiger partial charge in [0, 0.05) is 36.6 Å². The third-order valence-electron chi connectivity index (χ3n) is 6.03. The van der Waals surface area contributed by atoms with Crippen molar-refractivity contribution in [2.24, 2.45) is 5.92 Å². The molecule has 1 saturated carbocycles. The first-order valence-corrected chi connectivity index (χ1v) is 11.9. The lowest BCUT2D eigenvalue weighted by Crippen LogP contribution is -2.45. The summed E-state index contributed by atoms with van der Waals surface area (Å²) in [6.07, 6.45) is 4.00. The predicted octanol–water partition coefficient (Wildman–Crippen LogP) is 4.96. The Morgan fingerprint density at radius 3 is 2.47 bits per heavy atom. The third kappa shape index (κ3) is 6.13. The quantitative estimate of drug-likeness (QED) is 0.428. The summed E-state index contributed by atoms with van der Waals surface area (Å²) in [6, 6.07) is 20.2. The fourth-order valence-electron chi connectivity index (χ4n) is 4.23. The van der Waals surface area contributed by atoms with E-state index in [0.29, 0.717) is 13.1 Å². The van der Waals surface area contributed by atoms with E-state index < -0.39 is 5.82 Å². The molecular formula is C28H32FN3O2. The van der Waals surface area contributed by atoms with Crippen LogP contribution in [-0.4, -0.2) is 45.3 Å². The summed E-state index contributed by atoms with van der Waals surface area (Å²) in [5, 5.41) is 0. The topological polar surface area (TPSA) is 45.6 Å². The van der Waals surface area contributed by atoms with Gasteiger partial charge in [0.25, 0.3) is 5.91 Å². The van der Waals surface area contributed by atoms with Crippen LogP contribution in [0.4, 0.5) is 4.39 Å². The van der Waals surface area contributed by atoms with Crippen molar-refractivity contribution in [2.75, 3.05) is 13.1 Å². The van der Waals surface area contributed by atoms with E-state index in [4.69, 9.17) is 0 Å². The zero-order valence-electron chi connectivity index (χ0n) is 19.9. The molecule has 0 bridgehead atoms. The highest BCUT2D eigenvalue weighted by atomic mass is 19.1. The lowest BCUT2D eigenvalue weighted by molar-refractivity contribution is -0.133. The number of amides is 2. The number of nitrogens with zero attached hydrogens (tertiary/aromatic N) is 3. The molecule has 0 atom stereocenters. The maximum atomic E-state index is 13.7. The van der Waals surface area contributed by atoms with Gasteiger partial charge in [-0.15, -0.1) is 0 Å². The first-order chi connectivity index (χ1) is 16.4. The van der Waals surface area contributed by atoms with Crippen LogP contribution in [0.3, 0.4) is 0 Å². The van der Waals surface area contributed by atoms with Gasteiger partial charge >= 0.3 is 0 Å². The van der Waals surface area contributed by atoms with E-state index in [1.165, 1.54) is 23.8 Å². The smallest absolute Gasteiger partial charge is 0.254 e. The van der Waals surface area contributed by atoms with Crippen LogP contribution < -0.4 is 0 Å². The molecule has 1 aliphatic rings. The average Bonchev–Trinajstić information content (AvgIpc) is 3.56. The Bertz CT molecular complexity index is 1120. The lowest BCUT2D eigenvalue weighted by atomic mass is 10.1. The molecule has 0 N–H and O–H groups in total. The Labute approximate surface area is 200 Å². The van der Waals surface area contributed by atoms with E-state index in [2.05, 4.69) is 22.8 Å². The molecule has 2 amide bonds. The number of benzene rings is 2. The fourth-order valence-corrected chi connectivity index (χ4v) is 4.23. The van der Waals surface area contributed by atoms with Gasteiger partial charge in [-0.05, 0) is 54.7 Å². The number of hydrogen-bond acceptors (Lipinski definition) is 2. The second-order valence-corrected chi connectivity index (χ2v) is 9.46. The Morgan fingerprint density at radius 2 is 1.79 bits per heavy atom. The van der Waals surface area contributed by atoms with Gasteiger partial charge in [-0.1, -0.05) is 50.2 Å². The van der Waals surface area contributed by atoms with Crippen LogP contribution in [-0.2, 0) is 17.9 Å². The molecule has 1 aromatic heterocycles. The normalized spacial score (nSPS) is 13.2. The first kappa shape index (κ1) is 23.7. The summed E-state index contributed by atoms with van der Waals surface area (Å²) in [6.45, 7) is 5.69. The summed E-state index contributed by atoms with van der Waals surface area (Å²) in [5.41, 5.74) is 2.53. The van der Waals surface area contributed by atoms with Crippen molar-refractivity contribution in [3.63, 3.8) is 0 Å². The van der Waals surface area contributed by atoms with E-state index in [9.17, 15) is 14.0 Å². The van der Waals surface area contributed by atoms with Gasteiger partial charge in [-0.3, -0.25) is 9.59 Å². The summed E-state index contributed by atoms with van der Waals surface area (Å²) >= 11 is 0. The van der Waals surface area contributed by atoms with E-state index in [1.807, 2.05) is 49.2 Å². The van der Waals surface area contributed by atoms with Gasteiger partial charge in [-0.25, -0.2) is 4.39 Å². The van der Waals surface area contributed by atoms with Gasteiger partial charge in [0.15, 0.2) is 0 Å². The average molecular weight is 462 g/mol. The number of rotatable bonds is 10. The Hall–Kier alpha value is -3.41. The van der Waals surface area contributed by atoms with Gasteiger partial charge in [-0.2, -0.15) is 0 Å². The second kappa shape index (κ2) is 10.7. The van der Waals surface area contributed by atoms with Crippen molar-refractivity contribution in [1.82, 2.24) is 14.4 Å². The first-order valence-electron chi connectivity index (χ1n) is 11.9. The molecular weight excluding hydrogens is 429 g/mol. The maximum Gasteiger partial charge on any atom is 0.254 e. The van der Waals surface area contributed by atoms with Crippen molar-refractivity contribution in [1.29, 1.82) is 0 Å². The summed E-state index contributed by atoms with van der Waals surface area (Å²) in [7, 11) is 0. The molecule has 0 aliphatic heterocycles. The zero-order valence-corrected chi connectivity index (χ0v) is 19.9. The lowest BCUT2D eigenvalue weighted by Gasteiger charge is -2.29. The minimum absolute atomic E-state index is 0.0105. The Morgan fingerprint density at radius 1 is 1.03 bits per heavy atom. The van der Waals surface area contributed by atoms with Crippen molar-refractivity contribution in [2.45, 2.75) is 45.8 Å². The van der Waals surface area contributed by atoms with Crippen molar-refractivity contribution in [3.8, 4) is 0 Å². The van der Waals surface area contributed by atoms with Gasteiger partial charge < -0.3 is 14.4 Å². The minimum atomic E-state index is -0.458. The molecule has 4 rings (SSSR count). The molecule has 0 unspecified atom stereocenters. The number of aromatic nitrogens is 1. The summed E-state index contributed by atoms with van der Waals surface area (Å²) in [4.78, 5) is 30.1. The van der Waals surface area contributed by atoms with Gasteiger partial charge in [0.2, 0.25) is 5.91 Å². The fraction of sp³-hybridized carbons (Fsp3) is 0.357. The number of hydrogen-bond donors (Lipinski definition) is 0. The van der Waals surface area contributed by atoms with Crippen molar-refractivity contribution < 1.29 is 14.0 Å². The Balaban J connectivity index is 1.49. The number of halogens is 1. The van der Waals surface area contributed by atoms with Crippen molar-refractivity contribution >= 4 is 11.8 Å². The largest absolute Gasteiger partial charge is 0.345 e. The second-order valence-electron chi connectivity index (χ2n) is 9.46. The monoisotopic (exact) mass is 461 g/mol. The van der Waals surface area contributed by atoms with E-state index in [0.717, 1.165) is 25.1 Å². The highest BCUT2D eigenvalue weighted by molar-refractivity contribution is 5.96. The predicted molar refractivity (Wildman–Crippen MR) is 131 cm³/mol. The van der Waals surface area contributed by atoms with E-state index in [-0.39, 0.29) is 35.9 Å². The van der Waals surface area contributed by atoms with Crippen LogP contribution >= 0.6 is 0 Å². The molecule has 1 aliphatic carbocycles. The van der Waals surface area contributed by atoms with Crippen LogP contribution in [0.2, 0.25) is 0 Å². The summed E-state index contributed by atoms with van der Waals surface area (Å²) in [5.74, 6) is -0.659. The van der Waals surface area contributed by atoms with Crippen molar-refractivity contribution in [3.05, 3.63) is 95.6 Å². The third-order valence-corrected chi connectivity index (χ3v) is 6.03. The highest BCUT2D eigenvalue weighted by Gasteiger charge is 2.34. The van der Waals surface area contributed by atoms with Crippen LogP contribution in [0.25, 0.3) is 0 Å². The molecule has 0 spiro atoms. The molecule has 3 aromatic rings.